The SMILES string of the molecule is CC1CCCN(C(=O)CN2CC3CCC(N)C3C2)C1.Cl. The topological polar surface area (TPSA) is 49.6 Å². The van der Waals surface area contributed by atoms with Gasteiger partial charge in [0.2, 0.25) is 5.91 Å². The minimum absolute atomic E-state index is 0. The van der Waals surface area contributed by atoms with Crippen LogP contribution in [0, 0.1) is 17.8 Å². The summed E-state index contributed by atoms with van der Waals surface area (Å²) in [6.07, 6.45) is 4.88. The van der Waals surface area contributed by atoms with E-state index < -0.39 is 0 Å². The third-order valence-electron chi connectivity index (χ3n) is 5.36. The number of fused-ring (bicyclic) bond motifs is 1. The third kappa shape index (κ3) is 3.29. The Morgan fingerprint density at radius 2 is 2.00 bits per heavy atom. The van der Waals surface area contributed by atoms with Crippen molar-refractivity contribution in [3.8, 4) is 0 Å². The molecule has 0 aromatic heterocycles. The van der Waals surface area contributed by atoms with E-state index in [0.717, 1.165) is 32.1 Å². The Bertz CT molecular complexity index is 352. The molecule has 1 aliphatic carbocycles. The molecule has 20 heavy (non-hydrogen) atoms. The van der Waals surface area contributed by atoms with E-state index in [1.807, 2.05) is 0 Å². The van der Waals surface area contributed by atoms with Crippen molar-refractivity contribution in [1.82, 2.24) is 9.80 Å². The van der Waals surface area contributed by atoms with Crippen LogP contribution in [-0.4, -0.2) is 54.5 Å². The van der Waals surface area contributed by atoms with E-state index in [-0.39, 0.29) is 12.4 Å². The van der Waals surface area contributed by atoms with Crippen molar-refractivity contribution in [2.24, 2.45) is 23.5 Å². The zero-order valence-electron chi connectivity index (χ0n) is 12.5. The summed E-state index contributed by atoms with van der Waals surface area (Å²) in [5.74, 6) is 2.40. The van der Waals surface area contributed by atoms with Gasteiger partial charge < -0.3 is 10.6 Å². The van der Waals surface area contributed by atoms with Gasteiger partial charge in [-0.05, 0) is 43.4 Å². The van der Waals surface area contributed by atoms with Gasteiger partial charge >= 0.3 is 0 Å². The number of hydrogen-bond acceptors (Lipinski definition) is 3. The zero-order chi connectivity index (χ0) is 13.4. The van der Waals surface area contributed by atoms with Gasteiger partial charge in [-0.25, -0.2) is 0 Å². The largest absolute Gasteiger partial charge is 0.341 e. The molecule has 0 bridgehead atoms. The number of halogens is 1. The Kier molecular flexibility index (Phi) is 5.32. The first-order chi connectivity index (χ1) is 9.13. The van der Waals surface area contributed by atoms with Gasteiger partial charge in [0.25, 0.3) is 0 Å². The van der Waals surface area contributed by atoms with E-state index >= 15 is 0 Å². The quantitative estimate of drug-likeness (QED) is 0.837. The molecule has 0 spiro atoms. The van der Waals surface area contributed by atoms with E-state index in [1.54, 1.807) is 0 Å². The maximum Gasteiger partial charge on any atom is 0.236 e. The second-order valence-corrected chi connectivity index (χ2v) is 6.95. The van der Waals surface area contributed by atoms with E-state index in [0.29, 0.717) is 30.3 Å². The molecule has 3 aliphatic rings. The van der Waals surface area contributed by atoms with Crippen molar-refractivity contribution in [3.63, 3.8) is 0 Å². The summed E-state index contributed by atoms with van der Waals surface area (Å²) in [6, 6.07) is 0.375. The number of piperidine rings is 1. The summed E-state index contributed by atoms with van der Waals surface area (Å²) in [6.45, 7) is 6.92. The first kappa shape index (κ1) is 16.1. The number of nitrogens with zero attached hydrogens (tertiary/aromatic N) is 2. The molecular weight excluding hydrogens is 274 g/mol. The first-order valence-electron chi connectivity index (χ1n) is 7.89. The number of nitrogens with two attached hydrogens (primary N) is 1. The smallest absolute Gasteiger partial charge is 0.236 e. The van der Waals surface area contributed by atoms with Gasteiger partial charge in [0.05, 0.1) is 6.54 Å². The summed E-state index contributed by atoms with van der Waals surface area (Å²) >= 11 is 0. The highest BCUT2D eigenvalue weighted by atomic mass is 35.5. The highest BCUT2D eigenvalue weighted by molar-refractivity contribution is 5.85. The monoisotopic (exact) mass is 301 g/mol. The molecule has 4 nitrogen and oxygen atoms in total. The van der Waals surface area contributed by atoms with Crippen LogP contribution in [0.5, 0.6) is 0 Å². The van der Waals surface area contributed by atoms with Gasteiger partial charge in [-0.1, -0.05) is 6.92 Å². The van der Waals surface area contributed by atoms with Crippen LogP contribution in [0.1, 0.15) is 32.6 Å². The van der Waals surface area contributed by atoms with Gasteiger partial charge in [-0.3, -0.25) is 9.69 Å². The lowest BCUT2D eigenvalue weighted by Gasteiger charge is -2.32. The molecule has 2 aliphatic heterocycles. The van der Waals surface area contributed by atoms with Crippen molar-refractivity contribution in [3.05, 3.63) is 0 Å². The minimum atomic E-state index is 0. The maximum atomic E-state index is 12.4. The molecule has 3 fully saturated rings. The lowest BCUT2D eigenvalue weighted by atomic mass is 9.98. The highest BCUT2D eigenvalue weighted by Crippen LogP contribution is 2.36. The molecule has 4 atom stereocenters. The molecular formula is C15H28ClN3O. The Balaban J connectivity index is 0.00000147. The molecule has 0 aromatic rings. The number of carbonyl (C=O) groups excluding carboxylic acids is 1. The lowest BCUT2D eigenvalue weighted by molar-refractivity contribution is -0.133. The molecule has 4 unspecified atom stereocenters. The fourth-order valence-electron chi connectivity index (χ4n) is 4.24. The highest BCUT2D eigenvalue weighted by Gasteiger charge is 2.41. The van der Waals surface area contributed by atoms with Crippen LogP contribution in [0.25, 0.3) is 0 Å². The zero-order valence-corrected chi connectivity index (χ0v) is 13.3. The van der Waals surface area contributed by atoms with E-state index in [1.165, 1.54) is 25.7 Å². The number of carbonyl (C=O) groups is 1. The fourth-order valence-corrected chi connectivity index (χ4v) is 4.24. The molecule has 2 heterocycles. The van der Waals surface area contributed by atoms with Crippen LogP contribution in [0.4, 0.5) is 0 Å². The summed E-state index contributed by atoms with van der Waals surface area (Å²) in [4.78, 5) is 16.8. The van der Waals surface area contributed by atoms with E-state index in [9.17, 15) is 4.79 Å². The molecule has 5 heteroatoms. The van der Waals surface area contributed by atoms with Crippen LogP contribution in [0.15, 0.2) is 0 Å². The Morgan fingerprint density at radius 1 is 1.20 bits per heavy atom. The molecule has 2 saturated heterocycles. The number of hydrogen-bond donors (Lipinski definition) is 1. The standard InChI is InChI=1S/C15H27N3O.ClH/c1-11-3-2-6-18(7-11)15(19)10-17-8-12-4-5-14(16)13(12)9-17;/h11-14H,2-10,16H2,1H3;1H. The Hall–Kier alpha value is -0.320. The molecule has 116 valence electrons. The van der Waals surface area contributed by atoms with Crippen molar-refractivity contribution >= 4 is 18.3 Å². The first-order valence-corrected chi connectivity index (χ1v) is 7.89. The summed E-state index contributed by atoms with van der Waals surface area (Å²) in [5, 5.41) is 0. The fraction of sp³-hybridized carbons (Fsp3) is 0.933. The molecule has 2 N–H and O–H groups in total. The molecule has 0 radical (unpaired) electrons. The van der Waals surface area contributed by atoms with E-state index in [2.05, 4.69) is 16.7 Å². The Morgan fingerprint density at radius 3 is 2.70 bits per heavy atom. The predicted octanol–water partition coefficient (Wildman–Crippen LogP) is 1.34. The van der Waals surface area contributed by atoms with Gasteiger partial charge in [0.1, 0.15) is 0 Å². The second kappa shape index (κ2) is 6.63. The van der Waals surface area contributed by atoms with Crippen LogP contribution in [0.3, 0.4) is 0 Å². The predicted molar refractivity (Wildman–Crippen MR) is 82.9 cm³/mol. The van der Waals surface area contributed by atoms with Crippen LogP contribution in [0.2, 0.25) is 0 Å². The number of rotatable bonds is 2. The van der Waals surface area contributed by atoms with Crippen LogP contribution >= 0.6 is 12.4 Å². The van der Waals surface area contributed by atoms with Crippen molar-refractivity contribution in [1.29, 1.82) is 0 Å². The summed E-state index contributed by atoms with van der Waals surface area (Å²) < 4.78 is 0. The molecule has 1 saturated carbocycles. The maximum absolute atomic E-state index is 12.4. The summed E-state index contributed by atoms with van der Waals surface area (Å²) in [5.41, 5.74) is 6.15. The van der Waals surface area contributed by atoms with Crippen molar-refractivity contribution in [2.45, 2.75) is 38.6 Å². The van der Waals surface area contributed by atoms with Gasteiger partial charge in [-0.15, -0.1) is 12.4 Å². The average molecular weight is 302 g/mol. The van der Waals surface area contributed by atoms with Gasteiger partial charge in [0, 0.05) is 32.2 Å². The van der Waals surface area contributed by atoms with Crippen molar-refractivity contribution in [2.75, 3.05) is 32.7 Å². The number of amides is 1. The van der Waals surface area contributed by atoms with Crippen molar-refractivity contribution < 1.29 is 4.79 Å². The Labute approximate surface area is 128 Å². The van der Waals surface area contributed by atoms with Crippen LogP contribution < -0.4 is 5.73 Å². The summed E-state index contributed by atoms with van der Waals surface area (Å²) in [7, 11) is 0. The van der Waals surface area contributed by atoms with E-state index in [4.69, 9.17) is 5.73 Å². The number of likely N-dealkylation sites (tertiary alicyclic amines) is 2. The minimum Gasteiger partial charge on any atom is -0.341 e. The second-order valence-electron chi connectivity index (χ2n) is 6.95. The molecule has 3 rings (SSSR count). The van der Waals surface area contributed by atoms with Gasteiger partial charge in [-0.2, -0.15) is 0 Å². The molecule has 1 amide bonds. The van der Waals surface area contributed by atoms with Gasteiger partial charge in [0.15, 0.2) is 0 Å². The average Bonchev–Trinajstić information content (AvgIpc) is 2.92. The van der Waals surface area contributed by atoms with Crippen LogP contribution in [-0.2, 0) is 4.79 Å². The normalized spacial score (nSPS) is 37.6. The third-order valence-corrected chi connectivity index (χ3v) is 5.36. The molecule has 0 aromatic carbocycles. The lowest BCUT2D eigenvalue weighted by Crippen LogP contribution is -2.44.